The fourth-order valence-corrected chi connectivity index (χ4v) is 2.12. The minimum absolute atomic E-state index is 0.177. The summed E-state index contributed by atoms with van der Waals surface area (Å²) in [5, 5.41) is 0. The molecule has 2 aromatic carbocycles. The molecule has 2 rings (SSSR count). The van der Waals surface area contributed by atoms with E-state index in [1.165, 1.54) is 5.56 Å². The van der Waals surface area contributed by atoms with Gasteiger partial charge in [0.05, 0.1) is 7.11 Å². The number of hydrogen-bond donors (Lipinski definition) is 1. The quantitative estimate of drug-likeness (QED) is 0.846. The van der Waals surface area contributed by atoms with E-state index in [4.69, 9.17) is 15.2 Å². The van der Waals surface area contributed by atoms with E-state index in [1.807, 2.05) is 42.5 Å². The third-order valence-electron chi connectivity index (χ3n) is 3.53. The Balaban J connectivity index is 2.01. The highest BCUT2D eigenvalue weighted by Crippen LogP contribution is 2.21. The fraction of sp³-hybridized carbons (Fsp3) is 0.333. The van der Waals surface area contributed by atoms with Gasteiger partial charge in [0.1, 0.15) is 18.1 Å². The van der Waals surface area contributed by atoms with Crippen molar-refractivity contribution in [3.63, 3.8) is 0 Å². The molecule has 0 spiro atoms. The van der Waals surface area contributed by atoms with Crippen LogP contribution in [0.3, 0.4) is 0 Å². The van der Waals surface area contributed by atoms with Crippen LogP contribution < -0.4 is 15.2 Å². The average molecular weight is 285 g/mol. The molecule has 0 fully saturated rings. The van der Waals surface area contributed by atoms with Crippen molar-refractivity contribution in [2.24, 2.45) is 5.73 Å². The van der Waals surface area contributed by atoms with Gasteiger partial charge >= 0.3 is 0 Å². The first-order valence-electron chi connectivity index (χ1n) is 7.32. The number of methoxy groups -OCH3 is 1. The normalized spacial score (nSPS) is 12.0. The van der Waals surface area contributed by atoms with E-state index in [0.717, 1.165) is 29.9 Å². The molecule has 0 heterocycles. The summed E-state index contributed by atoms with van der Waals surface area (Å²) in [4.78, 5) is 0. The van der Waals surface area contributed by atoms with Gasteiger partial charge in [-0.15, -0.1) is 0 Å². The van der Waals surface area contributed by atoms with Gasteiger partial charge in [-0.2, -0.15) is 0 Å². The number of para-hydroxylation sites is 1. The molecule has 3 nitrogen and oxygen atoms in total. The second kappa shape index (κ2) is 7.70. The van der Waals surface area contributed by atoms with Crippen LogP contribution in [0.15, 0.2) is 48.5 Å². The number of rotatable bonds is 7. The van der Waals surface area contributed by atoms with Gasteiger partial charge < -0.3 is 15.2 Å². The maximum Gasteiger partial charge on any atom is 0.123 e. The fourth-order valence-electron chi connectivity index (χ4n) is 2.12. The van der Waals surface area contributed by atoms with Crippen LogP contribution in [0.2, 0.25) is 0 Å². The van der Waals surface area contributed by atoms with Crippen LogP contribution in [0.5, 0.6) is 11.5 Å². The van der Waals surface area contributed by atoms with Crippen LogP contribution in [-0.2, 0) is 13.0 Å². The predicted molar refractivity (Wildman–Crippen MR) is 85.7 cm³/mol. The molecular formula is C18H23NO2. The van der Waals surface area contributed by atoms with Crippen molar-refractivity contribution in [3.05, 3.63) is 59.7 Å². The topological polar surface area (TPSA) is 44.5 Å². The maximum absolute atomic E-state index is 6.04. The van der Waals surface area contributed by atoms with Crippen LogP contribution in [0.4, 0.5) is 0 Å². The predicted octanol–water partition coefficient (Wildman–Crippen LogP) is 3.55. The second-order valence-corrected chi connectivity index (χ2v) is 5.12. The summed E-state index contributed by atoms with van der Waals surface area (Å²) in [6.45, 7) is 2.65. The SMILES string of the molecule is CCC(N)Cc1ccccc1OCc1ccc(OC)cc1. The smallest absolute Gasteiger partial charge is 0.123 e. The molecule has 0 aliphatic heterocycles. The van der Waals surface area contributed by atoms with E-state index in [9.17, 15) is 0 Å². The first-order chi connectivity index (χ1) is 10.2. The number of benzene rings is 2. The van der Waals surface area contributed by atoms with Crippen LogP contribution in [0.25, 0.3) is 0 Å². The Morgan fingerprint density at radius 1 is 1.05 bits per heavy atom. The van der Waals surface area contributed by atoms with Crippen molar-refractivity contribution in [1.29, 1.82) is 0 Å². The van der Waals surface area contributed by atoms with Crippen molar-refractivity contribution < 1.29 is 9.47 Å². The van der Waals surface area contributed by atoms with E-state index in [0.29, 0.717) is 6.61 Å². The van der Waals surface area contributed by atoms with E-state index in [2.05, 4.69) is 13.0 Å². The highest BCUT2D eigenvalue weighted by molar-refractivity contribution is 5.34. The highest BCUT2D eigenvalue weighted by atomic mass is 16.5. The third-order valence-corrected chi connectivity index (χ3v) is 3.53. The first-order valence-corrected chi connectivity index (χ1v) is 7.32. The van der Waals surface area contributed by atoms with E-state index >= 15 is 0 Å². The lowest BCUT2D eigenvalue weighted by Gasteiger charge is -2.14. The molecule has 3 heteroatoms. The molecule has 2 aromatic rings. The lowest BCUT2D eigenvalue weighted by molar-refractivity contribution is 0.302. The Labute approximate surface area is 126 Å². The minimum Gasteiger partial charge on any atom is -0.497 e. The summed E-state index contributed by atoms with van der Waals surface area (Å²) in [7, 11) is 1.67. The molecule has 21 heavy (non-hydrogen) atoms. The molecule has 0 radical (unpaired) electrons. The van der Waals surface area contributed by atoms with Crippen molar-refractivity contribution in [3.8, 4) is 11.5 Å². The third kappa shape index (κ3) is 4.50. The minimum atomic E-state index is 0.177. The Kier molecular flexibility index (Phi) is 5.64. The molecule has 0 saturated carbocycles. The molecule has 0 amide bonds. The zero-order chi connectivity index (χ0) is 15.1. The largest absolute Gasteiger partial charge is 0.497 e. The summed E-state index contributed by atoms with van der Waals surface area (Å²) in [6.07, 6.45) is 1.81. The summed E-state index contributed by atoms with van der Waals surface area (Å²) >= 11 is 0. The van der Waals surface area contributed by atoms with Gasteiger partial charge in [0.25, 0.3) is 0 Å². The van der Waals surface area contributed by atoms with Crippen LogP contribution in [0.1, 0.15) is 24.5 Å². The molecule has 1 unspecified atom stereocenters. The maximum atomic E-state index is 6.04. The molecular weight excluding hydrogens is 262 g/mol. The Morgan fingerprint density at radius 3 is 2.43 bits per heavy atom. The zero-order valence-electron chi connectivity index (χ0n) is 12.7. The number of hydrogen-bond acceptors (Lipinski definition) is 3. The lowest BCUT2D eigenvalue weighted by atomic mass is 10.0. The van der Waals surface area contributed by atoms with E-state index in [-0.39, 0.29) is 6.04 Å². The average Bonchev–Trinajstić information content (AvgIpc) is 2.54. The molecule has 0 saturated heterocycles. The lowest BCUT2D eigenvalue weighted by Crippen LogP contribution is -2.21. The summed E-state index contributed by atoms with van der Waals surface area (Å²) in [6, 6.07) is 16.2. The molecule has 1 atom stereocenters. The van der Waals surface area contributed by atoms with Gasteiger partial charge in [0.2, 0.25) is 0 Å². The Hall–Kier alpha value is -2.00. The van der Waals surface area contributed by atoms with E-state index < -0.39 is 0 Å². The Morgan fingerprint density at radius 2 is 1.76 bits per heavy atom. The summed E-state index contributed by atoms with van der Waals surface area (Å²) < 4.78 is 11.1. The first kappa shape index (κ1) is 15.4. The van der Waals surface area contributed by atoms with Crippen molar-refractivity contribution in [1.82, 2.24) is 0 Å². The molecule has 2 N–H and O–H groups in total. The molecule has 0 aliphatic carbocycles. The van der Waals surface area contributed by atoms with Gasteiger partial charge in [-0.3, -0.25) is 0 Å². The summed E-state index contributed by atoms with van der Waals surface area (Å²) in [5.74, 6) is 1.77. The number of nitrogens with two attached hydrogens (primary N) is 1. The van der Waals surface area contributed by atoms with Crippen molar-refractivity contribution in [2.75, 3.05) is 7.11 Å². The van der Waals surface area contributed by atoms with Crippen LogP contribution in [0, 0.1) is 0 Å². The molecule has 0 aliphatic rings. The second-order valence-electron chi connectivity index (χ2n) is 5.12. The van der Waals surface area contributed by atoms with Crippen molar-refractivity contribution in [2.45, 2.75) is 32.4 Å². The molecule has 0 bridgehead atoms. The zero-order valence-corrected chi connectivity index (χ0v) is 12.7. The van der Waals surface area contributed by atoms with Gasteiger partial charge in [0, 0.05) is 6.04 Å². The van der Waals surface area contributed by atoms with Gasteiger partial charge in [-0.25, -0.2) is 0 Å². The van der Waals surface area contributed by atoms with Gasteiger partial charge in [-0.1, -0.05) is 37.3 Å². The van der Waals surface area contributed by atoms with E-state index in [1.54, 1.807) is 7.11 Å². The monoisotopic (exact) mass is 285 g/mol. The number of ether oxygens (including phenoxy) is 2. The summed E-state index contributed by atoms with van der Waals surface area (Å²) in [5.41, 5.74) is 8.33. The van der Waals surface area contributed by atoms with Crippen LogP contribution >= 0.6 is 0 Å². The highest BCUT2D eigenvalue weighted by Gasteiger charge is 2.07. The van der Waals surface area contributed by atoms with Crippen molar-refractivity contribution >= 4 is 0 Å². The standard InChI is InChI=1S/C18H23NO2/c1-3-16(19)12-15-6-4-5-7-18(15)21-13-14-8-10-17(20-2)11-9-14/h4-11,16H,3,12-13,19H2,1-2H3. The Bertz CT molecular complexity index is 551. The molecule has 112 valence electrons. The van der Waals surface area contributed by atoms with Crippen LogP contribution in [-0.4, -0.2) is 13.2 Å². The van der Waals surface area contributed by atoms with Gasteiger partial charge in [0.15, 0.2) is 0 Å². The molecule has 0 aromatic heterocycles. The van der Waals surface area contributed by atoms with Gasteiger partial charge in [-0.05, 0) is 42.2 Å².